The maximum absolute atomic E-state index is 5.67. The predicted octanol–water partition coefficient (Wildman–Crippen LogP) is 5.79. The van der Waals surface area contributed by atoms with Crippen LogP contribution in [0.15, 0.2) is 54.7 Å². The Labute approximate surface area is 160 Å². The number of para-hydroxylation sites is 3. The van der Waals surface area contributed by atoms with E-state index in [0.29, 0.717) is 24.3 Å². The first-order valence-corrected chi connectivity index (χ1v) is 9.27. The normalized spacial score (nSPS) is 10.7. The number of anilines is 4. The molecule has 0 bridgehead atoms. The summed E-state index contributed by atoms with van der Waals surface area (Å²) in [6.07, 6.45) is 1.74. The highest BCUT2D eigenvalue weighted by atomic mass is 16.5. The van der Waals surface area contributed by atoms with Gasteiger partial charge in [-0.3, -0.25) is 0 Å². The van der Waals surface area contributed by atoms with Crippen LogP contribution in [0.3, 0.4) is 0 Å². The van der Waals surface area contributed by atoms with Gasteiger partial charge in [0.25, 0.3) is 0 Å². The molecule has 27 heavy (non-hydrogen) atoms. The summed E-state index contributed by atoms with van der Waals surface area (Å²) in [5.41, 5.74) is 4.37. The van der Waals surface area contributed by atoms with E-state index in [1.807, 2.05) is 37.3 Å². The standard InChI is InChI=1S/C22H26N4O/c1-5-27-19-12-7-6-11-18(19)24-20-13-14-23-22(25-20)26-21-16(4)9-8-10-17(21)15(2)3/h6-15H,5H2,1-4H3,(H2,23,24,25,26). The number of hydrogen-bond donors (Lipinski definition) is 2. The summed E-state index contributed by atoms with van der Waals surface area (Å²) in [4.78, 5) is 9.00. The Balaban J connectivity index is 1.86. The lowest BCUT2D eigenvalue weighted by atomic mass is 9.98. The summed E-state index contributed by atoms with van der Waals surface area (Å²) in [6, 6.07) is 16.0. The summed E-state index contributed by atoms with van der Waals surface area (Å²) in [7, 11) is 0. The number of ether oxygens (including phenoxy) is 1. The molecule has 0 saturated carbocycles. The van der Waals surface area contributed by atoms with Crippen molar-refractivity contribution in [2.75, 3.05) is 17.2 Å². The first-order chi connectivity index (χ1) is 13.1. The fraction of sp³-hybridized carbons (Fsp3) is 0.273. The van der Waals surface area contributed by atoms with Gasteiger partial charge in [-0.15, -0.1) is 0 Å². The van der Waals surface area contributed by atoms with Gasteiger partial charge >= 0.3 is 0 Å². The molecule has 0 saturated heterocycles. The van der Waals surface area contributed by atoms with Gasteiger partial charge in [-0.1, -0.05) is 44.2 Å². The lowest BCUT2D eigenvalue weighted by molar-refractivity contribution is 0.342. The van der Waals surface area contributed by atoms with Crippen LogP contribution in [0.4, 0.5) is 23.1 Å². The van der Waals surface area contributed by atoms with Gasteiger partial charge in [-0.2, -0.15) is 4.98 Å². The molecule has 0 fully saturated rings. The van der Waals surface area contributed by atoms with Crippen LogP contribution in [0.1, 0.15) is 37.8 Å². The topological polar surface area (TPSA) is 59.1 Å². The van der Waals surface area contributed by atoms with Gasteiger partial charge in [0.05, 0.1) is 12.3 Å². The maximum Gasteiger partial charge on any atom is 0.229 e. The van der Waals surface area contributed by atoms with Gasteiger partial charge in [0.2, 0.25) is 5.95 Å². The van der Waals surface area contributed by atoms with Crippen molar-refractivity contribution in [3.8, 4) is 5.75 Å². The molecule has 1 heterocycles. The molecule has 3 rings (SSSR count). The molecule has 0 aliphatic rings. The lowest BCUT2D eigenvalue weighted by Gasteiger charge is -2.17. The number of nitrogens with one attached hydrogen (secondary N) is 2. The third kappa shape index (κ3) is 4.56. The number of rotatable bonds is 7. The number of hydrogen-bond acceptors (Lipinski definition) is 5. The smallest absolute Gasteiger partial charge is 0.229 e. The molecule has 0 unspecified atom stereocenters. The van der Waals surface area contributed by atoms with Crippen LogP contribution in [0.25, 0.3) is 0 Å². The fourth-order valence-corrected chi connectivity index (χ4v) is 2.93. The Hall–Kier alpha value is -3.08. The molecule has 2 aromatic carbocycles. The van der Waals surface area contributed by atoms with Gasteiger partial charge in [0, 0.05) is 11.9 Å². The minimum atomic E-state index is 0.409. The zero-order valence-electron chi connectivity index (χ0n) is 16.3. The van der Waals surface area contributed by atoms with Crippen molar-refractivity contribution in [3.05, 3.63) is 65.9 Å². The molecule has 5 nitrogen and oxygen atoms in total. The minimum absolute atomic E-state index is 0.409. The molecule has 0 radical (unpaired) electrons. The number of benzene rings is 2. The molecular weight excluding hydrogens is 336 g/mol. The second-order valence-electron chi connectivity index (χ2n) is 6.64. The quantitative estimate of drug-likeness (QED) is 0.557. The van der Waals surface area contributed by atoms with Crippen LogP contribution >= 0.6 is 0 Å². The van der Waals surface area contributed by atoms with E-state index in [2.05, 4.69) is 59.6 Å². The molecule has 1 aromatic heterocycles. The third-order valence-electron chi connectivity index (χ3n) is 4.27. The van der Waals surface area contributed by atoms with Crippen molar-refractivity contribution in [3.63, 3.8) is 0 Å². The van der Waals surface area contributed by atoms with Crippen LogP contribution in [-0.2, 0) is 0 Å². The van der Waals surface area contributed by atoms with E-state index in [4.69, 9.17) is 4.74 Å². The lowest BCUT2D eigenvalue weighted by Crippen LogP contribution is -2.05. The molecule has 0 amide bonds. The molecule has 5 heteroatoms. The summed E-state index contributed by atoms with van der Waals surface area (Å²) < 4.78 is 5.67. The third-order valence-corrected chi connectivity index (χ3v) is 4.27. The van der Waals surface area contributed by atoms with Crippen LogP contribution in [0.5, 0.6) is 5.75 Å². The Kier molecular flexibility index (Phi) is 5.91. The molecule has 0 spiro atoms. The van der Waals surface area contributed by atoms with Crippen molar-refractivity contribution < 1.29 is 4.74 Å². The van der Waals surface area contributed by atoms with Crippen LogP contribution in [0.2, 0.25) is 0 Å². The Bertz CT molecular complexity index is 908. The molecule has 3 aromatic rings. The van der Waals surface area contributed by atoms with E-state index >= 15 is 0 Å². The number of aryl methyl sites for hydroxylation is 1. The van der Waals surface area contributed by atoms with Gasteiger partial charge in [0.15, 0.2) is 0 Å². The van der Waals surface area contributed by atoms with E-state index in [0.717, 1.165) is 17.1 Å². The predicted molar refractivity (Wildman–Crippen MR) is 111 cm³/mol. The molecule has 0 aliphatic heterocycles. The monoisotopic (exact) mass is 362 g/mol. The van der Waals surface area contributed by atoms with Crippen LogP contribution in [-0.4, -0.2) is 16.6 Å². The highest BCUT2D eigenvalue weighted by Gasteiger charge is 2.11. The molecule has 2 N–H and O–H groups in total. The molecule has 140 valence electrons. The van der Waals surface area contributed by atoms with Crippen molar-refractivity contribution in [2.24, 2.45) is 0 Å². The number of aromatic nitrogens is 2. The highest BCUT2D eigenvalue weighted by Crippen LogP contribution is 2.30. The van der Waals surface area contributed by atoms with Crippen LogP contribution < -0.4 is 15.4 Å². The van der Waals surface area contributed by atoms with Gasteiger partial charge in [-0.25, -0.2) is 4.98 Å². The Morgan fingerprint density at radius 2 is 1.81 bits per heavy atom. The zero-order valence-corrected chi connectivity index (χ0v) is 16.3. The summed E-state index contributed by atoms with van der Waals surface area (Å²) in [5, 5.41) is 6.71. The number of nitrogens with zero attached hydrogens (tertiary/aromatic N) is 2. The van der Waals surface area contributed by atoms with Gasteiger partial charge in [-0.05, 0) is 49.1 Å². The van der Waals surface area contributed by atoms with Gasteiger partial charge in [0.1, 0.15) is 11.6 Å². The SMILES string of the molecule is CCOc1ccccc1Nc1ccnc(Nc2c(C)cccc2C(C)C)n1. The highest BCUT2D eigenvalue weighted by molar-refractivity contribution is 5.67. The van der Waals surface area contributed by atoms with Crippen molar-refractivity contribution >= 4 is 23.1 Å². The largest absolute Gasteiger partial charge is 0.492 e. The zero-order chi connectivity index (χ0) is 19.2. The van der Waals surface area contributed by atoms with E-state index in [9.17, 15) is 0 Å². The van der Waals surface area contributed by atoms with Crippen molar-refractivity contribution in [1.82, 2.24) is 9.97 Å². The first kappa shape index (κ1) is 18.7. The second-order valence-corrected chi connectivity index (χ2v) is 6.64. The summed E-state index contributed by atoms with van der Waals surface area (Å²) in [5.74, 6) is 2.48. The van der Waals surface area contributed by atoms with Crippen molar-refractivity contribution in [2.45, 2.75) is 33.6 Å². The second kappa shape index (κ2) is 8.54. The molecule has 0 aliphatic carbocycles. The summed E-state index contributed by atoms with van der Waals surface area (Å²) in [6.45, 7) is 9.04. The van der Waals surface area contributed by atoms with E-state index in [1.54, 1.807) is 6.20 Å². The Morgan fingerprint density at radius 1 is 1.00 bits per heavy atom. The molecular formula is C22H26N4O. The molecule has 0 atom stereocenters. The average molecular weight is 362 g/mol. The maximum atomic E-state index is 5.67. The van der Waals surface area contributed by atoms with Gasteiger partial charge < -0.3 is 15.4 Å². The van der Waals surface area contributed by atoms with Crippen molar-refractivity contribution in [1.29, 1.82) is 0 Å². The Morgan fingerprint density at radius 3 is 2.59 bits per heavy atom. The minimum Gasteiger partial charge on any atom is -0.492 e. The van der Waals surface area contributed by atoms with Crippen LogP contribution in [0, 0.1) is 6.92 Å². The van der Waals surface area contributed by atoms with E-state index < -0.39 is 0 Å². The summed E-state index contributed by atoms with van der Waals surface area (Å²) >= 11 is 0. The average Bonchev–Trinajstić information content (AvgIpc) is 2.65. The fourth-order valence-electron chi connectivity index (χ4n) is 2.93. The first-order valence-electron chi connectivity index (χ1n) is 9.27. The van der Waals surface area contributed by atoms with E-state index in [-0.39, 0.29) is 0 Å². The van der Waals surface area contributed by atoms with E-state index in [1.165, 1.54) is 11.1 Å².